The maximum atomic E-state index is 5.24. The monoisotopic (exact) mass is 468 g/mol. The number of aryl methyl sites for hydroxylation is 2. The Hall–Kier alpha value is -3.59. The number of para-hydroxylation sites is 2. The second kappa shape index (κ2) is 8.52. The van der Waals surface area contributed by atoms with Crippen LogP contribution in [0.4, 0.5) is 0 Å². The van der Waals surface area contributed by atoms with Gasteiger partial charge >= 0.3 is 0 Å². The van der Waals surface area contributed by atoms with Crippen LogP contribution in [0.25, 0.3) is 28.1 Å². The molecular formula is C33H33BN2. The molecule has 0 saturated carbocycles. The number of aromatic nitrogens is 2. The molecule has 0 atom stereocenters. The molecular weight excluding hydrogens is 435 g/mol. The number of hydrogen-bond donors (Lipinski definition) is 0. The highest BCUT2D eigenvalue weighted by Crippen LogP contribution is 2.32. The topological polar surface area (TPSA) is 17.8 Å². The highest BCUT2D eigenvalue weighted by atomic mass is 15.1. The minimum Gasteiger partial charge on any atom is -0.293 e. The second-order valence-electron chi connectivity index (χ2n) is 11.0. The van der Waals surface area contributed by atoms with Gasteiger partial charge in [0.05, 0.1) is 11.0 Å². The average molecular weight is 468 g/mol. The van der Waals surface area contributed by atoms with E-state index in [-0.39, 0.29) is 6.71 Å². The molecule has 36 heavy (non-hydrogen) atoms. The third-order valence-corrected chi connectivity index (χ3v) is 7.69. The van der Waals surface area contributed by atoms with Gasteiger partial charge in [-0.05, 0) is 72.0 Å². The summed E-state index contributed by atoms with van der Waals surface area (Å²) in [5, 5.41) is 0. The van der Waals surface area contributed by atoms with Crippen molar-refractivity contribution >= 4 is 34.1 Å². The summed E-state index contributed by atoms with van der Waals surface area (Å²) in [5.74, 6) is 1.92. The Morgan fingerprint density at radius 3 is 1.97 bits per heavy atom. The van der Waals surface area contributed by atoms with Crippen molar-refractivity contribution in [3.05, 3.63) is 101 Å². The lowest BCUT2D eigenvalue weighted by molar-refractivity contribution is 0.845. The van der Waals surface area contributed by atoms with Gasteiger partial charge in [-0.3, -0.25) is 4.57 Å². The Balaban J connectivity index is 1.74. The summed E-state index contributed by atoms with van der Waals surface area (Å²) in [6.07, 6.45) is 0. The number of nitrogens with zero attached hydrogens (tertiary/aromatic N) is 2. The van der Waals surface area contributed by atoms with E-state index in [1.165, 1.54) is 55.4 Å². The minimum absolute atomic E-state index is 0.178. The Kier molecular flexibility index (Phi) is 5.41. The predicted molar refractivity (Wildman–Crippen MR) is 155 cm³/mol. The zero-order valence-electron chi connectivity index (χ0n) is 22.1. The number of hydrogen-bond acceptors (Lipinski definition) is 1. The fourth-order valence-corrected chi connectivity index (χ4v) is 6.27. The maximum Gasteiger partial charge on any atom is 0.247 e. The highest BCUT2D eigenvalue weighted by molar-refractivity contribution is 6.98. The summed E-state index contributed by atoms with van der Waals surface area (Å²) in [5.41, 5.74) is 14.3. The molecule has 0 aliphatic carbocycles. The Morgan fingerprint density at radius 1 is 0.694 bits per heavy atom. The van der Waals surface area contributed by atoms with Crippen molar-refractivity contribution in [1.82, 2.24) is 9.55 Å². The summed E-state index contributed by atoms with van der Waals surface area (Å²) < 4.78 is 2.41. The molecule has 4 aromatic carbocycles. The molecule has 0 amide bonds. The van der Waals surface area contributed by atoms with Crippen LogP contribution in [0.5, 0.6) is 0 Å². The van der Waals surface area contributed by atoms with Crippen LogP contribution in [0, 0.1) is 13.8 Å². The Morgan fingerprint density at radius 2 is 1.31 bits per heavy atom. The van der Waals surface area contributed by atoms with E-state index in [1.54, 1.807) is 0 Å². The molecule has 0 unspecified atom stereocenters. The van der Waals surface area contributed by atoms with Gasteiger partial charge in [0.1, 0.15) is 5.82 Å². The fourth-order valence-electron chi connectivity index (χ4n) is 6.27. The van der Waals surface area contributed by atoms with Crippen molar-refractivity contribution in [1.29, 1.82) is 0 Å². The summed E-state index contributed by atoms with van der Waals surface area (Å²) >= 11 is 0. The van der Waals surface area contributed by atoms with Crippen LogP contribution in [0.3, 0.4) is 0 Å². The van der Waals surface area contributed by atoms with Crippen LogP contribution < -0.4 is 16.4 Å². The largest absolute Gasteiger partial charge is 0.293 e. The van der Waals surface area contributed by atoms with Gasteiger partial charge in [-0.1, -0.05) is 98.9 Å². The van der Waals surface area contributed by atoms with Crippen molar-refractivity contribution in [3.63, 3.8) is 0 Å². The van der Waals surface area contributed by atoms with Gasteiger partial charge in [0, 0.05) is 11.3 Å². The van der Waals surface area contributed by atoms with Crippen molar-refractivity contribution < 1.29 is 0 Å². The SMILES string of the molecule is Cc1cc(C)cc(-c2nc3cccc4c3n2-c2ccccc2B4c2c(C(C)C)cccc2C(C)C)c1. The van der Waals surface area contributed by atoms with Gasteiger partial charge in [-0.2, -0.15) is 0 Å². The van der Waals surface area contributed by atoms with Gasteiger partial charge in [0.25, 0.3) is 0 Å². The second-order valence-corrected chi connectivity index (χ2v) is 11.0. The predicted octanol–water partition coefficient (Wildman–Crippen LogP) is 6.39. The van der Waals surface area contributed by atoms with E-state index >= 15 is 0 Å². The lowest BCUT2D eigenvalue weighted by Gasteiger charge is -2.31. The van der Waals surface area contributed by atoms with Crippen molar-refractivity contribution in [2.75, 3.05) is 0 Å². The molecule has 178 valence electrons. The molecule has 0 spiro atoms. The smallest absolute Gasteiger partial charge is 0.247 e. The molecule has 0 saturated heterocycles. The Labute approximate surface area is 215 Å². The molecule has 1 aliphatic heterocycles. The van der Waals surface area contributed by atoms with Gasteiger partial charge in [-0.15, -0.1) is 0 Å². The van der Waals surface area contributed by atoms with E-state index in [0.29, 0.717) is 11.8 Å². The quantitative estimate of drug-likeness (QED) is 0.274. The van der Waals surface area contributed by atoms with E-state index in [4.69, 9.17) is 4.98 Å². The third kappa shape index (κ3) is 3.44. The molecule has 1 aromatic heterocycles. The van der Waals surface area contributed by atoms with Gasteiger partial charge in [0.2, 0.25) is 6.71 Å². The van der Waals surface area contributed by atoms with Crippen molar-refractivity contribution in [3.8, 4) is 17.1 Å². The molecule has 2 nitrogen and oxygen atoms in total. The molecule has 2 heterocycles. The summed E-state index contributed by atoms with van der Waals surface area (Å²) in [4.78, 5) is 5.24. The van der Waals surface area contributed by atoms with E-state index in [2.05, 4.69) is 125 Å². The van der Waals surface area contributed by atoms with Crippen molar-refractivity contribution in [2.24, 2.45) is 0 Å². The minimum atomic E-state index is 0.178. The van der Waals surface area contributed by atoms with E-state index < -0.39 is 0 Å². The lowest BCUT2D eigenvalue weighted by Crippen LogP contribution is -2.58. The summed E-state index contributed by atoms with van der Waals surface area (Å²) in [6.45, 7) is 13.8. The van der Waals surface area contributed by atoms with Crippen LogP contribution >= 0.6 is 0 Å². The van der Waals surface area contributed by atoms with Crippen LogP contribution in [0.1, 0.15) is 61.8 Å². The number of benzene rings is 4. The molecule has 3 heteroatoms. The first-order valence-electron chi connectivity index (χ1n) is 13.2. The fraction of sp³-hybridized carbons (Fsp3) is 0.242. The van der Waals surface area contributed by atoms with Crippen LogP contribution in [0.2, 0.25) is 0 Å². The maximum absolute atomic E-state index is 5.24. The normalized spacial score (nSPS) is 12.6. The number of imidazole rings is 1. The van der Waals surface area contributed by atoms with Crippen molar-refractivity contribution in [2.45, 2.75) is 53.4 Å². The first-order valence-corrected chi connectivity index (χ1v) is 13.2. The number of fused-ring (bicyclic) bond motifs is 2. The molecule has 0 bridgehead atoms. The van der Waals surface area contributed by atoms with Gasteiger partial charge in [0.15, 0.2) is 0 Å². The van der Waals surface area contributed by atoms with Crippen LogP contribution in [-0.4, -0.2) is 16.3 Å². The zero-order valence-corrected chi connectivity index (χ0v) is 22.1. The van der Waals surface area contributed by atoms with E-state index in [0.717, 1.165) is 11.3 Å². The molecule has 1 aliphatic rings. The lowest BCUT2D eigenvalue weighted by atomic mass is 9.33. The first kappa shape index (κ1) is 22.9. The first-order chi connectivity index (χ1) is 17.3. The van der Waals surface area contributed by atoms with Crippen LogP contribution in [-0.2, 0) is 0 Å². The van der Waals surface area contributed by atoms with Gasteiger partial charge < -0.3 is 0 Å². The molecule has 5 aromatic rings. The average Bonchev–Trinajstić information content (AvgIpc) is 3.24. The summed E-state index contributed by atoms with van der Waals surface area (Å²) in [6, 6.07) is 29.3. The van der Waals surface area contributed by atoms with E-state index in [9.17, 15) is 0 Å². The summed E-state index contributed by atoms with van der Waals surface area (Å²) in [7, 11) is 0. The standard InChI is InChI=1S/C33H33BN2/c1-20(2)25-11-9-12-26(21(3)4)31(25)34-27-13-7-8-16-30(27)36-32-28(34)14-10-15-29(32)35-33(36)24-18-22(5)17-23(6)19-24/h7-21H,1-6H3. The molecule has 0 radical (unpaired) electrons. The van der Waals surface area contributed by atoms with Crippen LogP contribution in [0.15, 0.2) is 78.9 Å². The van der Waals surface area contributed by atoms with E-state index in [1.807, 2.05) is 0 Å². The molecule has 0 N–H and O–H groups in total. The number of rotatable bonds is 4. The van der Waals surface area contributed by atoms with Gasteiger partial charge in [-0.25, -0.2) is 4.98 Å². The highest BCUT2D eigenvalue weighted by Gasteiger charge is 2.36. The third-order valence-electron chi connectivity index (χ3n) is 7.69. The Bertz CT molecular complexity index is 1580. The zero-order chi connectivity index (χ0) is 25.1. The molecule has 6 rings (SSSR count). The molecule has 0 fully saturated rings.